The molecule has 1 aromatic carbocycles. The zero-order valence-electron chi connectivity index (χ0n) is 11.1. The molecule has 1 aliphatic rings. The number of urea groups is 1. The monoisotopic (exact) mass is 282 g/mol. The highest BCUT2D eigenvalue weighted by Crippen LogP contribution is 2.19. The number of benzene rings is 1. The fourth-order valence-corrected chi connectivity index (χ4v) is 4.01. The standard InChI is InChI=1S/C13H18N2O3S/c1-14(11-6-4-3-5-7-11)13(16)15(2)12-8-9-19(17,18)10-12/h3-7,12H,8-10H2,1-2H3. The summed E-state index contributed by atoms with van der Waals surface area (Å²) in [6.07, 6.45) is 0.521. The van der Waals surface area contributed by atoms with E-state index in [0.29, 0.717) is 6.42 Å². The van der Waals surface area contributed by atoms with Gasteiger partial charge in [0.2, 0.25) is 0 Å². The highest BCUT2D eigenvalue weighted by atomic mass is 32.2. The van der Waals surface area contributed by atoms with Crippen LogP contribution in [-0.4, -0.2) is 51.0 Å². The maximum absolute atomic E-state index is 12.3. The molecule has 2 amide bonds. The number of carbonyl (C=O) groups excluding carboxylic acids is 1. The van der Waals surface area contributed by atoms with Crippen LogP contribution in [0.5, 0.6) is 0 Å². The van der Waals surface area contributed by atoms with E-state index in [9.17, 15) is 13.2 Å². The van der Waals surface area contributed by atoms with Crippen molar-refractivity contribution in [2.24, 2.45) is 0 Å². The van der Waals surface area contributed by atoms with Gasteiger partial charge in [0, 0.05) is 25.8 Å². The van der Waals surface area contributed by atoms with Crippen molar-refractivity contribution in [3.63, 3.8) is 0 Å². The smallest absolute Gasteiger partial charge is 0.323 e. The predicted molar refractivity (Wildman–Crippen MR) is 75.1 cm³/mol. The number of rotatable bonds is 2. The predicted octanol–water partition coefficient (Wildman–Crippen LogP) is 1.36. The van der Waals surface area contributed by atoms with E-state index in [1.54, 1.807) is 14.1 Å². The van der Waals surface area contributed by atoms with Gasteiger partial charge in [-0.1, -0.05) is 18.2 Å². The van der Waals surface area contributed by atoms with Crippen LogP contribution in [0.4, 0.5) is 10.5 Å². The Balaban J connectivity index is 2.08. The molecule has 1 aromatic rings. The first-order valence-corrected chi connectivity index (χ1v) is 7.99. The quantitative estimate of drug-likeness (QED) is 0.823. The number of carbonyl (C=O) groups is 1. The van der Waals surface area contributed by atoms with Gasteiger partial charge >= 0.3 is 6.03 Å². The average molecular weight is 282 g/mol. The first kappa shape index (κ1) is 13.9. The lowest BCUT2D eigenvalue weighted by Gasteiger charge is -2.28. The van der Waals surface area contributed by atoms with Crippen LogP contribution in [0.2, 0.25) is 0 Å². The molecule has 0 spiro atoms. The summed E-state index contributed by atoms with van der Waals surface area (Å²) in [4.78, 5) is 15.4. The Kier molecular flexibility index (Phi) is 3.80. The fourth-order valence-electron chi connectivity index (χ4n) is 2.24. The zero-order chi connectivity index (χ0) is 14.0. The summed E-state index contributed by atoms with van der Waals surface area (Å²) >= 11 is 0. The van der Waals surface area contributed by atoms with Gasteiger partial charge in [-0.3, -0.25) is 4.90 Å². The third kappa shape index (κ3) is 3.07. The number of hydrogen-bond donors (Lipinski definition) is 0. The summed E-state index contributed by atoms with van der Waals surface area (Å²) in [5.74, 6) is 0.238. The number of sulfone groups is 1. The average Bonchev–Trinajstić information content (AvgIpc) is 2.77. The van der Waals surface area contributed by atoms with Gasteiger partial charge in [0.1, 0.15) is 0 Å². The highest BCUT2D eigenvalue weighted by Gasteiger charge is 2.33. The summed E-state index contributed by atoms with van der Waals surface area (Å²) in [5, 5.41) is 0. The molecule has 0 aromatic heterocycles. The lowest BCUT2D eigenvalue weighted by Crippen LogP contribution is -2.45. The summed E-state index contributed by atoms with van der Waals surface area (Å²) in [7, 11) is 0.375. The second kappa shape index (κ2) is 5.21. The molecule has 1 heterocycles. The van der Waals surface area contributed by atoms with Crippen LogP contribution in [-0.2, 0) is 9.84 Å². The van der Waals surface area contributed by atoms with Crippen LogP contribution in [0.15, 0.2) is 30.3 Å². The first-order valence-electron chi connectivity index (χ1n) is 6.17. The van der Waals surface area contributed by atoms with Crippen LogP contribution in [0.25, 0.3) is 0 Å². The molecule has 1 unspecified atom stereocenters. The van der Waals surface area contributed by atoms with Crippen molar-refractivity contribution in [1.82, 2.24) is 4.90 Å². The minimum Gasteiger partial charge on any atom is -0.323 e. The Bertz CT molecular complexity index is 557. The molecule has 5 nitrogen and oxygen atoms in total. The summed E-state index contributed by atoms with van der Waals surface area (Å²) in [6, 6.07) is 8.89. The molecule has 19 heavy (non-hydrogen) atoms. The van der Waals surface area contributed by atoms with Crippen LogP contribution in [0.3, 0.4) is 0 Å². The van der Waals surface area contributed by atoms with Crippen molar-refractivity contribution in [2.75, 3.05) is 30.5 Å². The minimum atomic E-state index is -2.98. The molecule has 0 saturated carbocycles. The van der Waals surface area contributed by atoms with E-state index in [1.165, 1.54) is 9.80 Å². The fraction of sp³-hybridized carbons (Fsp3) is 0.462. The summed E-state index contributed by atoms with van der Waals surface area (Å²) < 4.78 is 22.9. The molecular weight excluding hydrogens is 264 g/mol. The van der Waals surface area contributed by atoms with E-state index in [2.05, 4.69) is 0 Å². The van der Waals surface area contributed by atoms with E-state index in [1.807, 2.05) is 30.3 Å². The van der Waals surface area contributed by atoms with Crippen molar-refractivity contribution in [2.45, 2.75) is 12.5 Å². The maximum atomic E-state index is 12.3. The molecule has 0 radical (unpaired) electrons. The Morgan fingerprint density at radius 3 is 2.37 bits per heavy atom. The molecule has 0 aliphatic carbocycles. The van der Waals surface area contributed by atoms with E-state index >= 15 is 0 Å². The number of anilines is 1. The molecule has 1 atom stereocenters. The highest BCUT2D eigenvalue weighted by molar-refractivity contribution is 7.91. The Labute approximate surface area is 113 Å². The number of amides is 2. The van der Waals surface area contributed by atoms with E-state index in [0.717, 1.165) is 5.69 Å². The minimum absolute atomic E-state index is 0.0673. The largest absolute Gasteiger partial charge is 0.324 e. The third-order valence-electron chi connectivity index (χ3n) is 3.49. The molecule has 1 saturated heterocycles. The lowest BCUT2D eigenvalue weighted by molar-refractivity contribution is 0.203. The van der Waals surface area contributed by atoms with E-state index in [-0.39, 0.29) is 23.6 Å². The molecule has 104 valence electrons. The van der Waals surface area contributed by atoms with Crippen molar-refractivity contribution in [3.8, 4) is 0 Å². The molecule has 1 aliphatic heterocycles. The summed E-state index contributed by atoms with van der Waals surface area (Å²) in [6.45, 7) is 0. The Morgan fingerprint density at radius 2 is 1.84 bits per heavy atom. The van der Waals surface area contributed by atoms with Crippen LogP contribution >= 0.6 is 0 Å². The van der Waals surface area contributed by atoms with Gasteiger partial charge in [-0.05, 0) is 18.6 Å². The van der Waals surface area contributed by atoms with Gasteiger partial charge < -0.3 is 4.90 Å². The molecule has 0 N–H and O–H groups in total. The molecule has 6 heteroatoms. The number of para-hydroxylation sites is 1. The third-order valence-corrected chi connectivity index (χ3v) is 5.24. The second-order valence-corrected chi connectivity index (χ2v) is 7.07. The van der Waals surface area contributed by atoms with Crippen molar-refractivity contribution in [1.29, 1.82) is 0 Å². The lowest BCUT2D eigenvalue weighted by atomic mass is 10.2. The van der Waals surface area contributed by atoms with Crippen LogP contribution in [0, 0.1) is 0 Å². The van der Waals surface area contributed by atoms with Gasteiger partial charge in [-0.15, -0.1) is 0 Å². The topological polar surface area (TPSA) is 57.7 Å². The molecule has 0 bridgehead atoms. The Morgan fingerprint density at radius 1 is 1.21 bits per heavy atom. The molecule has 1 fully saturated rings. The van der Waals surface area contributed by atoms with Crippen LogP contribution in [0.1, 0.15) is 6.42 Å². The second-order valence-electron chi connectivity index (χ2n) is 4.84. The number of nitrogens with zero attached hydrogens (tertiary/aromatic N) is 2. The van der Waals surface area contributed by atoms with E-state index in [4.69, 9.17) is 0 Å². The molecule has 2 rings (SSSR count). The normalized spacial score (nSPS) is 21.1. The molecular formula is C13H18N2O3S. The first-order chi connectivity index (χ1) is 8.91. The van der Waals surface area contributed by atoms with Gasteiger partial charge in [-0.25, -0.2) is 13.2 Å². The maximum Gasteiger partial charge on any atom is 0.324 e. The van der Waals surface area contributed by atoms with E-state index < -0.39 is 9.84 Å². The van der Waals surface area contributed by atoms with Crippen LogP contribution < -0.4 is 4.90 Å². The van der Waals surface area contributed by atoms with Crippen molar-refractivity contribution >= 4 is 21.6 Å². The zero-order valence-corrected chi connectivity index (χ0v) is 11.9. The number of hydrogen-bond acceptors (Lipinski definition) is 3. The summed E-state index contributed by atoms with van der Waals surface area (Å²) in [5.41, 5.74) is 0.792. The van der Waals surface area contributed by atoms with Crippen molar-refractivity contribution < 1.29 is 13.2 Å². The SMILES string of the molecule is CN(C(=O)N(C)C1CCS(=O)(=O)C1)c1ccccc1. The van der Waals surface area contributed by atoms with Gasteiger partial charge in [-0.2, -0.15) is 0 Å². The Hall–Kier alpha value is -1.56. The van der Waals surface area contributed by atoms with Gasteiger partial charge in [0.05, 0.1) is 11.5 Å². The van der Waals surface area contributed by atoms with Gasteiger partial charge in [0.25, 0.3) is 0 Å². The van der Waals surface area contributed by atoms with Gasteiger partial charge in [0.15, 0.2) is 9.84 Å². The van der Waals surface area contributed by atoms with Crippen molar-refractivity contribution in [3.05, 3.63) is 30.3 Å².